The minimum atomic E-state index is -0.908. The highest BCUT2D eigenvalue weighted by Crippen LogP contribution is 2.28. The van der Waals surface area contributed by atoms with Crippen molar-refractivity contribution in [3.8, 4) is 16.9 Å². The third-order valence-electron chi connectivity index (χ3n) is 4.28. The molecule has 0 bridgehead atoms. The summed E-state index contributed by atoms with van der Waals surface area (Å²) in [6.07, 6.45) is 4.65. The van der Waals surface area contributed by atoms with Gasteiger partial charge >= 0.3 is 5.97 Å². The van der Waals surface area contributed by atoms with Gasteiger partial charge in [-0.25, -0.2) is 9.97 Å². The second kappa shape index (κ2) is 7.48. The molecule has 1 fully saturated rings. The zero-order chi connectivity index (χ0) is 17.8. The SMILES string of the molecule is COc1ccc(-c2cnc(N3CCCC(O)C3)nc2)c(CC(=O)O)c1. The molecule has 1 aromatic heterocycles. The number of piperidine rings is 1. The van der Waals surface area contributed by atoms with Crippen LogP contribution in [0.3, 0.4) is 0 Å². The van der Waals surface area contributed by atoms with Crippen molar-refractivity contribution in [2.24, 2.45) is 0 Å². The van der Waals surface area contributed by atoms with E-state index in [-0.39, 0.29) is 12.5 Å². The standard InChI is InChI=1S/C18H21N3O4/c1-25-15-4-5-16(12(7-15)8-17(23)24)13-9-19-18(20-10-13)21-6-2-3-14(22)11-21/h4-5,7,9-10,14,22H,2-3,6,8,11H2,1H3,(H,23,24). The smallest absolute Gasteiger partial charge is 0.307 e. The van der Waals surface area contributed by atoms with Crippen molar-refractivity contribution >= 4 is 11.9 Å². The fourth-order valence-corrected chi connectivity index (χ4v) is 3.05. The zero-order valence-corrected chi connectivity index (χ0v) is 14.1. The van der Waals surface area contributed by atoms with Gasteiger partial charge in [0.2, 0.25) is 5.95 Å². The first-order chi connectivity index (χ1) is 12.1. The molecule has 1 saturated heterocycles. The third kappa shape index (κ3) is 4.06. The van der Waals surface area contributed by atoms with Gasteiger partial charge in [-0.3, -0.25) is 4.79 Å². The molecule has 1 atom stereocenters. The maximum Gasteiger partial charge on any atom is 0.307 e. The van der Waals surface area contributed by atoms with Crippen molar-refractivity contribution in [2.75, 3.05) is 25.1 Å². The van der Waals surface area contributed by atoms with E-state index < -0.39 is 5.97 Å². The van der Waals surface area contributed by atoms with Crippen LogP contribution < -0.4 is 9.64 Å². The van der Waals surface area contributed by atoms with Crippen LogP contribution >= 0.6 is 0 Å². The van der Waals surface area contributed by atoms with Gasteiger partial charge in [-0.1, -0.05) is 6.07 Å². The highest BCUT2D eigenvalue weighted by molar-refractivity contribution is 5.77. The van der Waals surface area contributed by atoms with Gasteiger partial charge in [-0.05, 0) is 36.1 Å². The summed E-state index contributed by atoms with van der Waals surface area (Å²) in [6, 6.07) is 5.33. The summed E-state index contributed by atoms with van der Waals surface area (Å²) in [4.78, 5) is 21.9. The Balaban J connectivity index is 1.87. The van der Waals surface area contributed by atoms with Crippen molar-refractivity contribution < 1.29 is 19.7 Å². The molecule has 2 heterocycles. The quantitative estimate of drug-likeness (QED) is 0.853. The molecule has 3 rings (SSSR count). The number of ether oxygens (including phenoxy) is 1. The van der Waals surface area contributed by atoms with Crippen molar-refractivity contribution in [1.29, 1.82) is 0 Å². The fourth-order valence-electron chi connectivity index (χ4n) is 3.05. The summed E-state index contributed by atoms with van der Waals surface area (Å²) in [6.45, 7) is 1.36. The first kappa shape index (κ1) is 17.2. The number of rotatable bonds is 5. The molecule has 0 saturated carbocycles. The van der Waals surface area contributed by atoms with Crippen LogP contribution in [0.4, 0.5) is 5.95 Å². The molecule has 2 aromatic rings. The number of carbonyl (C=O) groups is 1. The second-order valence-corrected chi connectivity index (χ2v) is 6.11. The van der Waals surface area contributed by atoms with Gasteiger partial charge in [0.25, 0.3) is 0 Å². The fraction of sp³-hybridized carbons (Fsp3) is 0.389. The van der Waals surface area contributed by atoms with E-state index in [2.05, 4.69) is 9.97 Å². The Kier molecular flexibility index (Phi) is 5.14. The molecular weight excluding hydrogens is 322 g/mol. The molecule has 2 N–H and O–H groups in total. The number of carboxylic acid groups (broad SMARTS) is 1. The number of aromatic nitrogens is 2. The van der Waals surface area contributed by atoms with Crippen LogP contribution in [0.15, 0.2) is 30.6 Å². The topological polar surface area (TPSA) is 95.8 Å². The first-order valence-corrected chi connectivity index (χ1v) is 8.21. The number of hydrogen-bond acceptors (Lipinski definition) is 6. The summed E-state index contributed by atoms with van der Waals surface area (Å²) in [5, 5.41) is 18.9. The summed E-state index contributed by atoms with van der Waals surface area (Å²) in [7, 11) is 1.55. The molecule has 0 spiro atoms. The lowest BCUT2D eigenvalue weighted by atomic mass is 9.99. The summed E-state index contributed by atoms with van der Waals surface area (Å²) in [5.41, 5.74) is 2.17. The van der Waals surface area contributed by atoms with Crippen LogP contribution in [0, 0.1) is 0 Å². The minimum absolute atomic E-state index is 0.105. The van der Waals surface area contributed by atoms with Crippen LogP contribution in [0.5, 0.6) is 5.75 Å². The van der Waals surface area contributed by atoms with Gasteiger partial charge in [0.15, 0.2) is 0 Å². The number of aliphatic hydroxyl groups is 1. The maximum atomic E-state index is 11.1. The number of hydrogen-bond donors (Lipinski definition) is 2. The van der Waals surface area contributed by atoms with E-state index >= 15 is 0 Å². The van der Waals surface area contributed by atoms with E-state index in [9.17, 15) is 9.90 Å². The van der Waals surface area contributed by atoms with Crippen LogP contribution in [-0.4, -0.2) is 52.5 Å². The van der Waals surface area contributed by atoms with E-state index in [1.807, 2.05) is 11.0 Å². The van der Waals surface area contributed by atoms with Gasteiger partial charge in [-0.2, -0.15) is 0 Å². The van der Waals surface area contributed by atoms with Crippen LogP contribution in [0.25, 0.3) is 11.1 Å². The lowest BCUT2D eigenvalue weighted by Crippen LogP contribution is -2.39. The molecule has 7 nitrogen and oxygen atoms in total. The molecular formula is C18H21N3O4. The largest absolute Gasteiger partial charge is 0.497 e. The summed E-state index contributed by atoms with van der Waals surface area (Å²) >= 11 is 0. The van der Waals surface area contributed by atoms with E-state index in [0.29, 0.717) is 23.8 Å². The molecule has 0 amide bonds. The molecule has 25 heavy (non-hydrogen) atoms. The average molecular weight is 343 g/mol. The van der Waals surface area contributed by atoms with Gasteiger partial charge in [-0.15, -0.1) is 0 Å². The molecule has 1 aliphatic heterocycles. The normalized spacial score (nSPS) is 17.4. The van der Waals surface area contributed by atoms with Gasteiger partial charge in [0, 0.05) is 31.0 Å². The number of benzene rings is 1. The average Bonchev–Trinajstić information content (AvgIpc) is 2.61. The Bertz CT molecular complexity index is 748. The highest BCUT2D eigenvalue weighted by atomic mass is 16.5. The van der Waals surface area contributed by atoms with Gasteiger partial charge in [0.05, 0.1) is 19.6 Å². The lowest BCUT2D eigenvalue weighted by Gasteiger charge is -2.29. The minimum Gasteiger partial charge on any atom is -0.497 e. The molecule has 0 radical (unpaired) electrons. The van der Waals surface area contributed by atoms with Gasteiger partial charge < -0.3 is 19.8 Å². The second-order valence-electron chi connectivity index (χ2n) is 6.11. The van der Waals surface area contributed by atoms with E-state index in [0.717, 1.165) is 30.5 Å². The van der Waals surface area contributed by atoms with Gasteiger partial charge in [0.1, 0.15) is 5.75 Å². The Hall–Kier alpha value is -2.67. The summed E-state index contributed by atoms with van der Waals surface area (Å²) < 4.78 is 5.18. The van der Waals surface area contributed by atoms with Crippen molar-refractivity contribution in [3.63, 3.8) is 0 Å². The Labute approximate surface area is 145 Å². The third-order valence-corrected chi connectivity index (χ3v) is 4.28. The molecule has 1 unspecified atom stereocenters. The first-order valence-electron chi connectivity index (χ1n) is 8.21. The number of carboxylic acids is 1. The molecule has 7 heteroatoms. The van der Waals surface area contributed by atoms with Crippen LogP contribution in [0.1, 0.15) is 18.4 Å². The zero-order valence-electron chi connectivity index (χ0n) is 14.1. The van der Waals surface area contributed by atoms with E-state index in [1.54, 1.807) is 31.6 Å². The summed E-state index contributed by atoms with van der Waals surface area (Å²) in [5.74, 6) is 0.282. The highest BCUT2D eigenvalue weighted by Gasteiger charge is 2.20. The molecule has 1 aliphatic rings. The Morgan fingerprint density at radius 1 is 1.36 bits per heavy atom. The van der Waals surface area contributed by atoms with Crippen LogP contribution in [-0.2, 0) is 11.2 Å². The molecule has 1 aromatic carbocycles. The molecule has 132 valence electrons. The maximum absolute atomic E-state index is 11.1. The van der Waals surface area contributed by atoms with Crippen molar-refractivity contribution in [2.45, 2.75) is 25.4 Å². The predicted octanol–water partition coefficient (Wildman–Crippen LogP) is 1.74. The van der Waals surface area contributed by atoms with Crippen LogP contribution in [0.2, 0.25) is 0 Å². The lowest BCUT2D eigenvalue weighted by molar-refractivity contribution is -0.136. The number of aliphatic carboxylic acids is 1. The van der Waals surface area contributed by atoms with E-state index in [1.165, 1.54) is 0 Å². The number of anilines is 1. The number of β-amino-alcohol motifs (C(OH)–C–C–N with tert-alkyl or cyclic N) is 1. The number of aliphatic hydroxyl groups excluding tert-OH is 1. The van der Waals surface area contributed by atoms with Crippen molar-refractivity contribution in [1.82, 2.24) is 9.97 Å². The van der Waals surface area contributed by atoms with Crippen molar-refractivity contribution in [3.05, 3.63) is 36.2 Å². The van der Waals surface area contributed by atoms with E-state index in [4.69, 9.17) is 9.84 Å². The number of nitrogens with zero attached hydrogens (tertiary/aromatic N) is 3. The monoisotopic (exact) mass is 343 g/mol. The Morgan fingerprint density at radius 2 is 2.12 bits per heavy atom. The predicted molar refractivity (Wildman–Crippen MR) is 92.8 cm³/mol. The number of methoxy groups -OCH3 is 1. The Morgan fingerprint density at radius 3 is 2.76 bits per heavy atom. The molecule has 0 aliphatic carbocycles.